The molecule has 1 aliphatic rings. The monoisotopic (exact) mass is 409 g/mol. The summed E-state index contributed by atoms with van der Waals surface area (Å²) in [5, 5.41) is 5.54. The van der Waals surface area contributed by atoms with Crippen LogP contribution in [-0.4, -0.2) is 61.9 Å². The van der Waals surface area contributed by atoms with Crippen molar-refractivity contribution in [3.8, 4) is 0 Å². The number of amides is 3. The predicted molar refractivity (Wildman–Crippen MR) is 115 cm³/mol. The summed E-state index contributed by atoms with van der Waals surface area (Å²) >= 11 is 0. The van der Waals surface area contributed by atoms with E-state index in [9.17, 15) is 14.4 Å². The Morgan fingerprint density at radius 3 is 2.30 bits per heavy atom. The SMILES string of the molecule is CCc1ccccc1NC(=O)CNC(=O)C[NH+]1CCN(C(=O)c2ccccc2)CC1. The highest BCUT2D eigenvalue weighted by Gasteiger charge is 2.25. The highest BCUT2D eigenvalue weighted by Crippen LogP contribution is 2.14. The van der Waals surface area contributed by atoms with Gasteiger partial charge in [-0.05, 0) is 30.2 Å². The molecule has 0 radical (unpaired) electrons. The molecule has 3 N–H and O–H groups in total. The van der Waals surface area contributed by atoms with Crippen LogP contribution in [-0.2, 0) is 16.0 Å². The summed E-state index contributed by atoms with van der Waals surface area (Å²) in [4.78, 5) is 39.8. The zero-order chi connectivity index (χ0) is 21.3. The van der Waals surface area contributed by atoms with Crippen molar-refractivity contribution >= 4 is 23.4 Å². The van der Waals surface area contributed by atoms with Crippen LogP contribution in [0.1, 0.15) is 22.8 Å². The molecule has 7 nitrogen and oxygen atoms in total. The highest BCUT2D eigenvalue weighted by molar-refractivity contribution is 5.95. The lowest BCUT2D eigenvalue weighted by Gasteiger charge is -2.31. The first-order chi connectivity index (χ1) is 14.6. The molecule has 3 rings (SSSR count). The number of carbonyl (C=O) groups excluding carboxylic acids is 3. The van der Waals surface area contributed by atoms with Crippen molar-refractivity contribution in [1.82, 2.24) is 10.2 Å². The van der Waals surface area contributed by atoms with E-state index < -0.39 is 0 Å². The van der Waals surface area contributed by atoms with Crippen LogP contribution in [0.2, 0.25) is 0 Å². The van der Waals surface area contributed by atoms with E-state index in [1.54, 1.807) is 0 Å². The number of nitrogens with zero attached hydrogens (tertiary/aromatic N) is 1. The third-order valence-corrected chi connectivity index (χ3v) is 5.31. The average Bonchev–Trinajstić information content (AvgIpc) is 2.79. The molecule has 2 aromatic rings. The summed E-state index contributed by atoms with van der Waals surface area (Å²) in [5.74, 6) is -0.368. The molecule has 7 heteroatoms. The van der Waals surface area contributed by atoms with Crippen LogP contribution in [0.4, 0.5) is 5.69 Å². The maximum absolute atomic E-state index is 12.5. The molecule has 0 atom stereocenters. The van der Waals surface area contributed by atoms with Crippen molar-refractivity contribution < 1.29 is 19.3 Å². The quantitative estimate of drug-likeness (QED) is 0.617. The number of hydrogen-bond acceptors (Lipinski definition) is 3. The van der Waals surface area contributed by atoms with Gasteiger partial charge in [0.15, 0.2) is 6.54 Å². The second-order valence-electron chi connectivity index (χ2n) is 7.42. The number of anilines is 1. The number of hydrogen-bond donors (Lipinski definition) is 3. The first-order valence-corrected chi connectivity index (χ1v) is 10.4. The van der Waals surface area contributed by atoms with Gasteiger partial charge in [0, 0.05) is 11.3 Å². The second kappa shape index (κ2) is 10.5. The van der Waals surface area contributed by atoms with Crippen molar-refractivity contribution in [2.45, 2.75) is 13.3 Å². The first-order valence-electron chi connectivity index (χ1n) is 10.4. The van der Waals surface area contributed by atoms with E-state index in [4.69, 9.17) is 0 Å². The van der Waals surface area contributed by atoms with Crippen LogP contribution in [0.5, 0.6) is 0 Å². The molecule has 1 heterocycles. The number of para-hydroxylation sites is 1. The molecule has 0 unspecified atom stereocenters. The Bertz CT molecular complexity index is 877. The van der Waals surface area contributed by atoms with Gasteiger partial charge in [0.2, 0.25) is 5.91 Å². The number of quaternary nitrogens is 1. The predicted octanol–water partition coefficient (Wildman–Crippen LogP) is 0.345. The van der Waals surface area contributed by atoms with Gasteiger partial charge in [-0.25, -0.2) is 0 Å². The first kappa shape index (κ1) is 21.5. The van der Waals surface area contributed by atoms with Crippen LogP contribution in [0, 0.1) is 0 Å². The lowest BCUT2D eigenvalue weighted by Crippen LogP contribution is -3.15. The molecule has 1 fully saturated rings. The number of nitrogens with one attached hydrogen (secondary N) is 3. The van der Waals surface area contributed by atoms with Crippen molar-refractivity contribution in [2.75, 3.05) is 44.6 Å². The summed E-state index contributed by atoms with van der Waals surface area (Å²) in [6, 6.07) is 16.9. The third kappa shape index (κ3) is 5.90. The fraction of sp³-hybridized carbons (Fsp3) is 0.348. The Labute approximate surface area is 177 Å². The highest BCUT2D eigenvalue weighted by atomic mass is 16.2. The number of benzene rings is 2. The lowest BCUT2D eigenvalue weighted by atomic mass is 10.1. The van der Waals surface area contributed by atoms with Crippen molar-refractivity contribution in [3.63, 3.8) is 0 Å². The molecule has 158 valence electrons. The molecule has 3 amide bonds. The summed E-state index contributed by atoms with van der Waals surface area (Å²) in [7, 11) is 0. The Balaban J connectivity index is 1.38. The van der Waals surface area contributed by atoms with Crippen LogP contribution < -0.4 is 15.5 Å². The van der Waals surface area contributed by atoms with Gasteiger partial charge in [-0.1, -0.05) is 43.3 Å². The minimum absolute atomic E-state index is 0.0307. The lowest BCUT2D eigenvalue weighted by molar-refractivity contribution is -0.896. The van der Waals surface area contributed by atoms with Gasteiger partial charge >= 0.3 is 0 Å². The van der Waals surface area contributed by atoms with Gasteiger partial charge in [0.1, 0.15) is 0 Å². The second-order valence-corrected chi connectivity index (χ2v) is 7.42. The molecule has 1 aliphatic heterocycles. The maximum atomic E-state index is 12.5. The maximum Gasteiger partial charge on any atom is 0.275 e. The van der Waals surface area contributed by atoms with Crippen LogP contribution in [0.15, 0.2) is 54.6 Å². The van der Waals surface area contributed by atoms with E-state index in [1.807, 2.05) is 66.4 Å². The van der Waals surface area contributed by atoms with Crippen LogP contribution >= 0.6 is 0 Å². The molecule has 2 aromatic carbocycles. The molecule has 0 aliphatic carbocycles. The van der Waals surface area contributed by atoms with E-state index in [2.05, 4.69) is 10.6 Å². The van der Waals surface area contributed by atoms with Gasteiger partial charge < -0.3 is 20.4 Å². The molecule has 0 spiro atoms. The average molecular weight is 410 g/mol. The summed E-state index contributed by atoms with van der Waals surface area (Å²) < 4.78 is 0. The number of rotatable bonds is 7. The van der Waals surface area contributed by atoms with Crippen LogP contribution in [0.3, 0.4) is 0 Å². The fourth-order valence-electron chi connectivity index (χ4n) is 3.58. The third-order valence-electron chi connectivity index (χ3n) is 5.31. The standard InChI is InChI=1S/C23H28N4O3/c1-2-18-8-6-7-11-20(18)25-21(28)16-24-22(29)17-26-12-14-27(15-13-26)23(30)19-9-4-3-5-10-19/h3-11H,2,12-17H2,1H3,(H,24,29)(H,25,28)/p+1. The number of carbonyl (C=O) groups is 3. The largest absolute Gasteiger partial charge is 0.342 e. The molecule has 30 heavy (non-hydrogen) atoms. The van der Waals surface area contributed by atoms with E-state index >= 15 is 0 Å². The molecule has 0 aromatic heterocycles. The van der Waals surface area contributed by atoms with Gasteiger partial charge in [0.25, 0.3) is 11.8 Å². The van der Waals surface area contributed by atoms with Crippen molar-refractivity contribution in [2.24, 2.45) is 0 Å². The molecule has 1 saturated heterocycles. The molecule has 0 saturated carbocycles. The Kier molecular flexibility index (Phi) is 7.57. The Hall–Kier alpha value is -3.19. The minimum Gasteiger partial charge on any atom is -0.342 e. The molecular formula is C23H29N4O3+. The van der Waals surface area contributed by atoms with Gasteiger partial charge in [-0.2, -0.15) is 0 Å². The fourth-order valence-corrected chi connectivity index (χ4v) is 3.58. The van der Waals surface area contributed by atoms with Gasteiger partial charge in [0.05, 0.1) is 32.7 Å². The topological polar surface area (TPSA) is 82.9 Å². The Morgan fingerprint density at radius 1 is 0.933 bits per heavy atom. The van der Waals surface area contributed by atoms with Crippen molar-refractivity contribution in [1.29, 1.82) is 0 Å². The summed E-state index contributed by atoms with van der Waals surface area (Å²) in [5.41, 5.74) is 2.53. The van der Waals surface area contributed by atoms with E-state index in [0.717, 1.165) is 22.6 Å². The number of piperazine rings is 1. The molecule has 0 bridgehead atoms. The molecular weight excluding hydrogens is 380 g/mol. The summed E-state index contributed by atoms with van der Waals surface area (Å²) in [6.07, 6.45) is 0.824. The van der Waals surface area contributed by atoms with Gasteiger partial charge in [-0.15, -0.1) is 0 Å². The number of aryl methyl sites for hydroxylation is 1. The van der Waals surface area contributed by atoms with E-state index in [0.29, 0.717) is 38.3 Å². The zero-order valence-electron chi connectivity index (χ0n) is 17.3. The van der Waals surface area contributed by atoms with Gasteiger partial charge in [-0.3, -0.25) is 14.4 Å². The normalized spacial score (nSPS) is 14.2. The van der Waals surface area contributed by atoms with Crippen molar-refractivity contribution in [3.05, 3.63) is 65.7 Å². The Morgan fingerprint density at radius 2 is 1.60 bits per heavy atom. The summed E-state index contributed by atoms with van der Waals surface area (Å²) in [6.45, 7) is 4.93. The zero-order valence-corrected chi connectivity index (χ0v) is 17.3. The van der Waals surface area contributed by atoms with E-state index in [1.165, 1.54) is 0 Å². The van der Waals surface area contributed by atoms with Crippen LogP contribution in [0.25, 0.3) is 0 Å². The van der Waals surface area contributed by atoms with E-state index in [-0.39, 0.29) is 24.3 Å². The minimum atomic E-state index is -0.238. The smallest absolute Gasteiger partial charge is 0.275 e.